The first kappa shape index (κ1) is 14.1. The molecule has 0 aliphatic rings. The first-order valence-corrected chi connectivity index (χ1v) is 5.32. The van der Waals surface area contributed by atoms with Crippen molar-refractivity contribution in [3.63, 3.8) is 0 Å². The average Bonchev–Trinajstić information content (AvgIpc) is 2.01. The highest BCUT2D eigenvalue weighted by atomic mass is 32.2. The number of thioether (sulfide) groups is 1. The van der Waals surface area contributed by atoms with Crippen LogP contribution in [0, 0.1) is 0 Å². The van der Waals surface area contributed by atoms with Gasteiger partial charge in [0, 0.05) is 11.0 Å². The van der Waals surface area contributed by atoms with E-state index in [0.717, 1.165) is 0 Å². The van der Waals surface area contributed by atoms with Gasteiger partial charge < -0.3 is 9.84 Å². The molecular formula is C8H15F3O2S. The summed E-state index contributed by atoms with van der Waals surface area (Å²) in [6.07, 6.45) is -4.71. The van der Waals surface area contributed by atoms with Crippen LogP contribution in [0.15, 0.2) is 0 Å². The molecule has 0 aromatic heterocycles. The number of aliphatic hydroxyl groups is 1. The van der Waals surface area contributed by atoms with Crippen LogP contribution in [-0.2, 0) is 4.74 Å². The first-order valence-electron chi connectivity index (χ1n) is 4.27. The van der Waals surface area contributed by atoms with E-state index in [0.29, 0.717) is 5.75 Å². The Labute approximate surface area is 85.8 Å². The van der Waals surface area contributed by atoms with Crippen molar-refractivity contribution in [3.05, 3.63) is 0 Å². The highest BCUT2D eigenvalue weighted by Crippen LogP contribution is 2.16. The third-order valence-corrected chi connectivity index (χ3v) is 2.88. The predicted octanol–water partition coefficient (Wildman–Crippen LogP) is 2.07. The molecule has 0 aromatic carbocycles. The molecule has 0 saturated heterocycles. The number of hydrogen-bond acceptors (Lipinski definition) is 3. The minimum atomic E-state index is -4.25. The van der Waals surface area contributed by atoms with Crippen LogP contribution in [0.3, 0.4) is 0 Å². The number of halogens is 3. The van der Waals surface area contributed by atoms with Gasteiger partial charge in [0.05, 0.1) is 12.7 Å². The van der Waals surface area contributed by atoms with Crippen molar-refractivity contribution in [2.45, 2.75) is 31.4 Å². The molecule has 1 N–H and O–H groups in total. The fourth-order valence-electron chi connectivity index (χ4n) is 0.620. The maximum Gasteiger partial charge on any atom is 0.411 e. The second kappa shape index (κ2) is 6.53. The SMILES string of the molecule is CC(O)C(C)SCCOCC(F)(F)F. The fraction of sp³-hybridized carbons (Fsp3) is 1.00. The molecule has 0 heterocycles. The molecule has 2 nitrogen and oxygen atoms in total. The summed E-state index contributed by atoms with van der Waals surface area (Å²) in [4.78, 5) is 0. The van der Waals surface area contributed by atoms with Gasteiger partial charge in [-0.2, -0.15) is 24.9 Å². The summed E-state index contributed by atoms with van der Waals surface area (Å²) in [6.45, 7) is 2.32. The zero-order chi connectivity index (χ0) is 11.2. The van der Waals surface area contributed by atoms with Crippen LogP contribution in [0.2, 0.25) is 0 Å². The van der Waals surface area contributed by atoms with Crippen molar-refractivity contribution < 1.29 is 23.0 Å². The topological polar surface area (TPSA) is 29.5 Å². The van der Waals surface area contributed by atoms with E-state index in [4.69, 9.17) is 5.11 Å². The van der Waals surface area contributed by atoms with Crippen molar-refractivity contribution in [1.29, 1.82) is 0 Å². The third-order valence-electron chi connectivity index (χ3n) is 1.55. The molecule has 2 unspecified atom stereocenters. The van der Waals surface area contributed by atoms with E-state index in [2.05, 4.69) is 4.74 Å². The number of alkyl halides is 3. The highest BCUT2D eigenvalue weighted by Gasteiger charge is 2.27. The molecule has 0 aromatic rings. The van der Waals surface area contributed by atoms with Crippen LogP contribution in [0.1, 0.15) is 13.8 Å². The zero-order valence-electron chi connectivity index (χ0n) is 8.17. The van der Waals surface area contributed by atoms with Gasteiger partial charge in [0.15, 0.2) is 0 Å². The summed E-state index contributed by atoms with van der Waals surface area (Å²) in [7, 11) is 0. The lowest BCUT2D eigenvalue weighted by atomic mass is 10.3. The Hall–Kier alpha value is 0.0600. The molecule has 0 aliphatic carbocycles. The van der Waals surface area contributed by atoms with E-state index in [9.17, 15) is 13.2 Å². The standard InChI is InChI=1S/C8H15F3O2S/c1-6(12)7(2)14-4-3-13-5-8(9,10)11/h6-7,12H,3-5H2,1-2H3. The molecule has 0 radical (unpaired) electrons. The zero-order valence-corrected chi connectivity index (χ0v) is 8.99. The summed E-state index contributed by atoms with van der Waals surface area (Å²) in [5.41, 5.74) is 0. The number of rotatable bonds is 6. The summed E-state index contributed by atoms with van der Waals surface area (Å²) < 4.78 is 39.2. The van der Waals surface area contributed by atoms with Crippen LogP contribution in [0.25, 0.3) is 0 Å². The number of hydrogen-bond donors (Lipinski definition) is 1. The van der Waals surface area contributed by atoms with Crippen LogP contribution in [0.4, 0.5) is 13.2 Å². The summed E-state index contributed by atoms with van der Waals surface area (Å²) in [5, 5.41) is 9.08. The summed E-state index contributed by atoms with van der Waals surface area (Å²) >= 11 is 1.39. The van der Waals surface area contributed by atoms with Gasteiger partial charge in [0.1, 0.15) is 6.61 Å². The normalized spacial score (nSPS) is 16.7. The molecule has 14 heavy (non-hydrogen) atoms. The molecule has 0 fully saturated rings. The van der Waals surface area contributed by atoms with Crippen molar-refractivity contribution in [2.24, 2.45) is 0 Å². The molecule has 0 amide bonds. The number of ether oxygens (including phenoxy) is 1. The van der Waals surface area contributed by atoms with Crippen LogP contribution < -0.4 is 0 Å². The Balaban J connectivity index is 3.30. The largest absolute Gasteiger partial charge is 0.411 e. The maximum absolute atomic E-state index is 11.6. The van der Waals surface area contributed by atoms with Crippen LogP contribution in [-0.4, -0.2) is 41.6 Å². The minimum absolute atomic E-state index is 0.0180. The van der Waals surface area contributed by atoms with E-state index in [1.54, 1.807) is 6.92 Å². The van der Waals surface area contributed by atoms with E-state index >= 15 is 0 Å². The molecule has 86 valence electrons. The summed E-state index contributed by atoms with van der Waals surface area (Å²) in [5.74, 6) is 0.460. The van der Waals surface area contributed by atoms with Gasteiger partial charge in [-0.3, -0.25) is 0 Å². The Morgan fingerprint density at radius 2 is 1.93 bits per heavy atom. The van der Waals surface area contributed by atoms with E-state index in [1.807, 2.05) is 6.92 Å². The molecule has 0 rings (SSSR count). The van der Waals surface area contributed by atoms with E-state index in [1.165, 1.54) is 11.8 Å². The molecule has 0 saturated carbocycles. The Morgan fingerprint density at radius 1 is 1.36 bits per heavy atom. The molecule has 0 bridgehead atoms. The minimum Gasteiger partial charge on any atom is -0.392 e. The van der Waals surface area contributed by atoms with Gasteiger partial charge in [-0.1, -0.05) is 6.92 Å². The molecule has 0 aliphatic heterocycles. The van der Waals surface area contributed by atoms with Gasteiger partial charge in [-0.25, -0.2) is 0 Å². The van der Waals surface area contributed by atoms with Gasteiger partial charge in [-0.05, 0) is 6.92 Å². The van der Waals surface area contributed by atoms with Gasteiger partial charge in [0.2, 0.25) is 0 Å². The van der Waals surface area contributed by atoms with E-state index < -0.39 is 18.9 Å². The third kappa shape index (κ3) is 8.65. The van der Waals surface area contributed by atoms with Gasteiger partial charge in [-0.15, -0.1) is 0 Å². The van der Waals surface area contributed by atoms with Gasteiger partial charge in [0.25, 0.3) is 0 Å². The lowest BCUT2D eigenvalue weighted by Gasteiger charge is -2.14. The van der Waals surface area contributed by atoms with Crippen LogP contribution in [0.5, 0.6) is 0 Å². The van der Waals surface area contributed by atoms with Crippen molar-refractivity contribution in [1.82, 2.24) is 0 Å². The summed E-state index contributed by atoms with van der Waals surface area (Å²) in [6, 6.07) is 0. The number of aliphatic hydroxyl groups excluding tert-OH is 1. The molecular weight excluding hydrogens is 217 g/mol. The lowest BCUT2D eigenvalue weighted by molar-refractivity contribution is -0.172. The molecule has 2 atom stereocenters. The second-order valence-electron chi connectivity index (χ2n) is 2.98. The Morgan fingerprint density at radius 3 is 2.36 bits per heavy atom. The van der Waals surface area contributed by atoms with Crippen LogP contribution >= 0.6 is 11.8 Å². The quantitative estimate of drug-likeness (QED) is 0.711. The Kier molecular flexibility index (Phi) is 6.55. The molecule has 0 spiro atoms. The molecule has 6 heteroatoms. The predicted molar refractivity (Wildman–Crippen MR) is 50.5 cm³/mol. The van der Waals surface area contributed by atoms with E-state index in [-0.39, 0.29) is 11.9 Å². The van der Waals surface area contributed by atoms with Crippen molar-refractivity contribution in [2.75, 3.05) is 19.0 Å². The second-order valence-corrected chi connectivity index (χ2v) is 4.47. The lowest BCUT2D eigenvalue weighted by Crippen LogP contribution is -2.20. The first-order chi connectivity index (χ1) is 6.33. The Bertz CT molecular complexity index is 150. The van der Waals surface area contributed by atoms with Crippen molar-refractivity contribution >= 4 is 11.8 Å². The highest BCUT2D eigenvalue weighted by molar-refractivity contribution is 7.99. The monoisotopic (exact) mass is 232 g/mol. The average molecular weight is 232 g/mol. The smallest absolute Gasteiger partial charge is 0.392 e. The van der Waals surface area contributed by atoms with Crippen molar-refractivity contribution in [3.8, 4) is 0 Å². The van der Waals surface area contributed by atoms with Gasteiger partial charge >= 0.3 is 6.18 Å². The maximum atomic E-state index is 11.6. The fourth-order valence-corrected chi connectivity index (χ4v) is 1.48.